The summed E-state index contributed by atoms with van der Waals surface area (Å²) in [6, 6.07) is 0.882. The number of nitrogens with zero attached hydrogens (tertiary/aromatic N) is 2. The van der Waals surface area contributed by atoms with Crippen LogP contribution in [0, 0.1) is 0 Å². The van der Waals surface area contributed by atoms with Gasteiger partial charge in [0.1, 0.15) is 0 Å². The number of esters is 1. The normalized spacial score (nSPS) is 23.3. The number of rotatable bonds is 5. The average molecular weight is 226 g/mol. The van der Waals surface area contributed by atoms with Gasteiger partial charge in [-0.15, -0.1) is 0 Å². The fourth-order valence-corrected chi connectivity index (χ4v) is 2.27. The van der Waals surface area contributed by atoms with E-state index >= 15 is 0 Å². The lowest BCUT2D eigenvalue weighted by Gasteiger charge is -2.34. The molecule has 1 saturated carbocycles. The fourth-order valence-electron chi connectivity index (χ4n) is 2.27. The third-order valence-electron chi connectivity index (χ3n) is 3.41. The van der Waals surface area contributed by atoms with E-state index in [1.807, 2.05) is 6.92 Å². The Morgan fingerprint density at radius 1 is 1.25 bits per heavy atom. The van der Waals surface area contributed by atoms with Crippen molar-refractivity contribution in [2.75, 3.05) is 39.3 Å². The van der Waals surface area contributed by atoms with Gasteiger partial charge in [-0.05, 0) is 19.8 Å². The first kappa shape index (κ1) is 11.9. The van der Waals surface area contributed by atoms with Crippen molar-refractivity contribution in [3.05, 3.63) is 0 Å². The molecule has 2 rings (SSSR count). The maximum atomic E-state index is 11.2. The highest BCUT2D eigenvalue weighted by Crippen LogP contribution is 2.27. The highest BCUT2D eigenvalue weighted by molar-refractivity contribution is 5.69. The Kier molecular flexibility index (Phi) is 4.18. The molecule has 2 aliphatic rings. The van der Waals surface area contributed by atoms with Gasteiger partial charge in [0.05, 0.1) is 13.0 Å². The second-order valence-electron chi connectivity index (χ2n) is 4.66. The lowest BCUT2D eigenvalue weighted by atomic mass is 10.3. The van der Waals surface area contributed by atoms with Crippen molar-refractivity contribution >= 4 is 5.97 Å². The third kappa shape index (κ3) is 3.46. The van der Waals surface area contributed by atoms with E-state index in [4.69, 9.17) is 4.74 Å². The van der Waals surface area contributed by atoms with Crippen LogP contribution in [0.5, 0.6) is 0 Å². The molecule has 0 atom stereocenters. The smallest absolute Gasteiger partial charge is 0.307 e. The first-order chi connectivity index (χ1) is 7.79. The van der Waals surface area contributed by atoms with Gasteiger partial charge in [0.15, 0.2) is 0 Å². The van der Waals surface area contributed by atoms with Crippen molar-refractivity contribution in [1.29, 1.82) is 0 Å². The molecule has 0 N–H and O–H groups in total. The molecule has 0 amide bonds. The number of carbonyl (C=O) groups excluding carboxylic acids is 1. The number of hydrogen-bond donors (Lipinski definition) is 0. The van der Waals surface area contributed by atoms with Gasteiger partial charge >= 0.3 is 5.97 Å². The predicted molar refractivity (Wildman–Crippen MR) is 62.3 cm³/mol. The molecule has 0 spiro atoms. The van der Waals surface area contributed by atoms with E-state index < -0.39 is 0 Å². The first-order valence-corrected chi connectivity index (χ1v) is 6.41. The summed E-state index contributed by atoms with van der Waals surface area (Å²) in [5.74, 6) is -0.0628. The van der Waals surface area contributed by atoms with Crippen LogP contribution in [0.3, 0.4) is 0 Å². The fraction of sp³-hybridized carbons (Fsp3) is 0.917. The lowest BCUT2D eigenvalue weighted by molar-refractivity contribution is -0.143. The van der Waals surface area contributed by atoms with Crippen LogP contribution in [-0.2, 0) is 9.53 Å². The summed E-state index contributed by atoms with van der Waals surface area (Å²) in [7, 11) is 0. The van der Waals surface area contributed by atoms with Crippen LogP contribution < -0.4 is 0 Å². The summed E-state index contributed by atoms with van der Waals surface area (Å²) in [4.78, 5) is 16.2. The first-order valence-electron chi connectivity index (χ1n) is 6.41. The summed E-state index contributed by atoms with van der Waals surface area (Å²) >= 11 is 0. The van der Waals surface area contributed by atoms with Crippen LogP contribution in [0.25, 0.3) is 0 Å². The molecule has 1 heterocycles. The molecule has 1 saturated heterocycles. The summed E-state index contributed by atoms with van der Waals surface area (Å²) in [6.07, 6.45) is 3.32. The van der Waals surface area contributed by atoms with Gasteiger partial charge in [-0.25, -0.2) is 0 Å². The van der Waals surface area contributed by atoms with Gasteiger partial charge in [-0.1, -0.05) is 0 Å². The summed E-state index contributed by atoms with van der Waals surface area (Å²) in [6.45, 7) is 7.77. The molecule has 16 heavy (non-hydrogen) atoms. The van der Waals surface area contributed by atoms with Crippen LogP contribution >= 0.6 is 0 Å². The zero-order valence-corrected chi connectivity index (χ0v) is 10.2. The Morgan fingerprint density at radius 3 is 2.50 bits per heavy atom. The highest BCUT2D eigenvalue weighted by Gasteiger charge is 2.31. The Bertz CT molecular complexity index is 233. The standard InChI is InChI=1S/C12H22N2O2/c1-2-16-12(15)5-6-13-7-9-14(10-8-13)11-3-4-11/h11H,2-10H2,1H3. The van der Waals surface area contributed by atoms with Crippen LogP contribution in [0.2, 0.25) is 0 Å². The van der Waals surface area contributed by atoms with E-state index in [2.05, 4.69) is 9.80 Å². The summed E-state index contributed by atoms with van der Waals surface area (Å²) in [5, 5.41) is 0. The van der Waals surface area contributed by atoms with Gasteiger partial charge in [-0.3, -0.25) is 9.69 Å². The molecule has 0 unspecified atom stereocenters. The summed E-state index contributed by atoms with van der Waals surface area (Å²) < 4.78 is 4.93. The molecule has 4 nitrogen and oxygen atoms in total. The Balaban J connectivity index is 1.59. The maximum Gasteiger partial charge on any atom is 0.307 e. The maximum absolute atomic E-state index is 11.2. The zero-order valence-electron chi connectivity index (χ0n) is 10.2. The molecule has 4 heteroatoms. The van der Waals surface area contributed by atoms with E-state index in [9.17, 15) is 4.79 Å². The Hall–Kier alpha value is -0.610. The van der Waals surface area contributed by atoms with Crippen LogP contribution in [-0.4, -0.2) is 61.1 Å². The number of piperazine rings is 1. The van der Waals surface area contributed by atoms with Crippen LogP contribution in [0.15, 0.2) is 0 Å². The molecule has 1 aliphatic heterocycles. The van der Waals surface area contributed by atoms with Crippen molar-refractivity contribution in [3.63, 3.8) is 0 Å². The Labute approximate surface area is 97.5 Å². The van der Waals surface area contributed by atoms with Gasteiger partial charge in [0, 0.05) is 38.8 Å². The number of ether oxygens (including phenoxy) is 1. The third-order valence-corrected chi connectivity index (χ3v) is 3.41. The van der Waals surface area contributed by atoms with Crippen molar-refractivity contribution in [3.8, 4) is 0 Å². The Morgan fingerprint density at radius 2 is 1.94 bits per heavy atom. The molecule has 2 fully saturated rings. The van der Waals surface area contributed by atoms with E-state index in [0.717, 1.165) is 25.7 Å². The van der Waals surface area contributed by atoms with E-state index in [1.54, 1.807) is 0 Å². The van der Waals surface area contributed by atoms with Crippen molar-refractivity contribution in [2.24, 2.45) is 0 Å². The second-order valence-corrected chi connectivity index (χ2v) is 4.66. The van der Waals surface area contributed by atoms with Crippen molar-refractivity contribution in [2.45, 2.75) is 32.2 Å². The summed E-state index contributed by atoms with van der Waals surface area (Å²) in [5.41, 5.74) is 0. The largest absolute Gasteiger partial charge is 0.466 e. The minimum Gasteiger partial charge on any atom is -0.466 e. The highest BCUT2D eigenvalue weighted by atomic mass is 16.5. The number of carbonyl (C=O) groups is 1. The van der Waals surface area contributed by atoms with Gasteiger partial charge < -0.3 is 9.64 Å². The van der Waals surface area contributed by atoms with Crippen LogP contribution in [0.1, 0.15) is 26.2 Å². The molecular formula is C12H22N2O2. The SMILES string of the molecule is CCOC(=O)CCN1CCN(C2CC2)CC1. The molecule has 0 aromatic rings. The lowest BCUT2D eigenvalue weighted by Crippen LogP contribution is -2.47. The molecule has 0 bridgehead atoms. The van der Waals surface area contributed by atoms with Crippen LogP contribution in [0.4, 0.5) is 0 Å². The molecular weight excluding hydrogens is 204 g/mol. The van der Waals surface area contributed by atoms with E-state index in [-0.39, 0.29) is 5.97 Å². The zero-order chi connectivity index (χ0) is 11.4. The monoisotopic (exact) mass is 226 g/mol. The van der Waals surface area contributed by atoms with Gasteiger partial charge in [0.25, 0.3) is 0 Å². The quantitative estimate of drug-likeness (QED) is 0.647. The second kappa shape index (κ2) is 5.64. The van der Waals surface area contributed by atoms with Gasteiger partial charge in [-0.2, -0.15) is 0 Å². The van der Waals surface area contributed by atoms with E-state index in [0.29, 0.717) is 13.0 Å². The molecule has 92 valence electrons. The van der Waals surface area contributed by atoms with Crippen molar-refractivity contribution < 1.29 is 9.53 Å². The minimum atomic E-state index is -0.0628. The van der Waals surface area contributed by atoms with Gasteiger partial charge in [0.2, 0.25) is 0 Å². The average Bonchev–Trinajstić information content (AvgIpc) is 3.11. The molecule has 0 aromatic carbocycles. The minimum absolute atomic E-state index is 0.0628. The topological polar surface area (TPSA) is 32.8 Å². The molecule has 0 aromatic heterocycles. The molecule has 0 radical (unpaired) electrons. The molecule has 1 aliphatic carbocycles. The predicted octanol–water partition coefficient (Wildman–Crippen LogP) is 0.720. The van der Waals surface area contributed by atoms with E-state index in [1.165, 1.54) is 25.9 Å². The van der Waals surface area contributed by atoms with Crippen molar-refractivity contribution in [1.82, 2.24) is 9.80 Å². The number of hydrogen-bond acceptors (Lipinski definition) is 4.